The van der Waals surface area contributed by atoms with Crippen molar-refractivity contribution >= 4 is 0 Å². The highest BCUT2D eigenvalue weighted by atomic mass is 16.5. The molecule has 0 aromatic carbocycles. The Labute approximate surface area is 106 Å². The number of unbranched alkanes of at least 4 members (excludes halogenated alkanes) is 6. The lowest BCUT2D eigenvalue weighted by Crippen LogP contribution is -2.16. The van der Waals surface area contributed by atoms with Gasteiger partial charge in [-0.3, -0.25) is 0 Å². The van der Waals surface area contributed by atoms with Crippen molar-refractivity contribution in [3.8, 4) is 0 Å². The number of ether oxygens (including phenoxy) is 1. The number of hydrogen-bond donors (Lipinski definition) is 1. The van der Waals surface area contributed by atoms with Crippen LogP contribution in [0.15, 0.2) is 11.8 Å². The zero-order chi connectivity index (χ0) is 12.3. The first kappa shape index (κ1) is 14.6. The summed E-state index contributed by atoms with van der Waals surface area (Å²) >= 11 is 0. The largest absolute Gasteiger partial charge is 0.496 e. The first-order valence-corrected chi connectivity index (χ1v) is 7.35. The lowest BCUT2D eigenvalue weighted by molar-refractivity contribution is 0.0850. The molecule has 17 heavy (non-hydrogen) atoms. The Morgan fingerprint density at radius 3 is 2.53 bits per heavy atom. The first-order valence-electron chi connectivity index (χ1n) is 7.35. The summed E-state index contributed by atoms with van der Waals surface area (Å²) < 4.78 is 5.46. The molecule has 1 heterocycles. The molecule has 0 aromatic rings. The van der Waals surface area contributed by atoms with Crippen LogP contribution in [0.25, 0.3) is 0 Å². The van der Waals surface area contributed by atoms with E-state index < -0.39 is 0 Å². The molecule has 1 rings (SSSR count). The zero-order valence-electron chi connectivity index (χ0n) is 11.3. The van der Waals surface area contributed by atoms with Gasteiger partial charge in [0.2, 0.25) is 0 Å². The van der Waals surface area contributed by atoms with Gasteiger partial charge >= 0.3 is 0 Å². The van der Waals surface area contributed by atoms with Gasteiger partial charge in [0, 0.05) is 0 Å². The molecule has 0 spiro atoms. The zero-order valence-corrected chi connectivity index (χ0v) is 11.3. The van der Waals surface area contributed by atoms with E-state index in [0.717, 1.165) is 38.0 Å². The Balaban J connectivity index is 1.96. The second-order valence-corrected chi connectivity index (χ2v) is 5.02. The van der Waals surface area contributed by atoms with Crippen molar-refractivity contribution in [2.75, 3.05) is 6.61 Å². The summed E-state index contributed by atoms with van der Waals surface area (Å²) in [6.45, 7) is 3.02. The molecule has 0 amide bonds. The van der Waals surface area contributed by atoms with Gasteiger partial charge < -0.3 is 9.84 Å². The highest BCUT2D eigenvalue weighted by Crippen LogP contribution is 2.18. The Kier molecular flexibility index (Phi) is 8.16. The number of rotatable bonds is 9. The van der Waals surface area contributed by atoms with E-state index in [4.69, 9.17) is 4.74 Å². The minimum atomic E-state index is -0.356. The standard InChI is InChI=1S/C15H28O2/c1-2-3-4-5-6-7-8-11-14(16)15-12-9-10-13-17-15/h12,14,16H,2-11,13H2,1H3. The Bertz CT molecular complexity index is 211. The summed E-state index contributed by atoms with van der Waals surface area (Å²) in [6, 6.07) is 0. The van der Waals surface area contributed by atoms with E-state index in [9.17, 15) is 5.11 Å². The lowest BCUT2D eigenvalue weighted by Gasteiger charge is -2.19. The molecule has 1 aliphatic heterocycles. The summed E-state index contributed by atoms with van der Waals surface area (Å²) in [5.74, 6) is 0.822. The van der Waals surface area contributed by atoms with Gasteiger partial charge in [-0.05, 0) is 25.3 Å². The van der Waals surface area contributed by atoms with Crippen LogP contribution in [-0.2, 0) is 4.74 Å². The van der Waals surface area contributed by atoms with Gasteiger partial charge in [-0.1, -0.05) is 51.9 Å². The highest BCUT2D eigenvalue weighted by molar-refractivity contribution is 5.01. The predicted octanol–water partition coefficient (Wildman–Crippen LogP) is 4.18. The average molecular weight is 240 g/mol. The number of aliphatic hydroxyl groups excluding tert-OH is 1. The van der Waals surface area contributed by atoms with E-state index >= 15 is 0 Å². The molecule has 1 aliphatic rings. The molecule has 1 unspecified atom stereocenters. The van der Waals surface area contributed by atoms with Crippen LogP contribution in [0.4, 0.5) is 0 Å². The minimum Gasteiger partial charge on any atom is -0.496 e. The predicted molar refractivity (Wildman–Crippen MR) is 71.9 cm³/mol. The monoisotopic (exact) mass is 240 g/mol. The van der Waals surface area contributed by atoms with Crippen LogP contribution in [-0.4, -0.2) is 17.8 Å². The van der Waals surface area contributed by atoms with Crippen molar-refractivity contribution in [3.63, 3.8) is 0 Å². The molecule has 1 N–H and O–H groups in total. The van der Waals surface area contributed by atoms with Gasteiger partial charge in [-0.2, -0.15) is 0 Å². The number of hydrogen-bond acceptors (Lipinski definition) is 2. The van der Waals surface area contributed by atoms with E-state index in [1.54, 1.807) is 0 Å². The van der Waals surface area contributed by atoms with Gasteiger partial charge in [-0.15, -0.1) is 0 Å². The summed E-state index contributed by atoms with van der Waals surface area (Å²) in [4.78, 5) is 0. The molecule has 0 saturated heterocycles. The molecular formula is C15H28O2. The molecule has 0 bridgehead atoms. The molecule has 0 aromatic heterocycles. The van der Waals surface area contributed by atoms with Gasteiger partial charge in [0.15, 0.2) is 0 Å². The van der Waals surface area contributed by atoms with Crippen molar-refractivity contribution in [1.29, 1.82) is 0 Å². The normalized spacial score (nSPS) is 17.4. The maximum absolute atomic E-state index is 9.92. The van der Waals surface area contributed by atoms with Gasteiger partial charge in [0.05, 0.1) is 6.61 Å². The van der Waals surface area contributed by atoms with Crippen molar-refractivity contribution < 1.29 is 9.84 Å². The molecule has 1 atom stereocenters. The maximum atomic E-state index is 9.92. The van der Waals surface area contributed by atoms with Crippen molar-refractivity contribution in [1.82, 2.24) is 0 Å². The Morgan fingerprint density at radius 2 is 1.88 bits per heavy atom. The fourth-order valence-electron chi connectivity index (χ4n) is 2.25. The van der Waals surface area contributed by atoms with Crippen LogP contribution in [0, 0.1) is 0 Å². The topological polar surface area (TPSA) is 29.5 Å². The van der Waals surface area contributed by atoms with Crippen molar-refractivity contribution in [2.24, 2.45) is 0 Å². The third kappa shape index (κ3) is 6.72. The van der Waals surface area contributed by atoms with E-state index in [0.29, 0.717) is 0 Å². The fourth-order valence-corrected chi connectivity index (χ4v) is 2.25. The third-order valence-electron chi connectivity index (χ3n) is 3.37. The van der Waals surface area contributed by atoms with Crippen LogP contribution >= 0.6 is 0 Å². The summed E-state index contributed by atoms with van der Waals surface area (Å²) in [7, 11) is 0. The van der Waals surface area contributed by atoms with Crippen LogP contribution in [0.1, 0.15) is 71.1 Å². The van der Waals surface area contributed by atoms with E-state index in [1.165, 1.54) is 38.5 Å². The molecule has 0 saturated carbocycles. The molecule has 100 valence electrons. The number of aliphatic hydroxyl groups is 1. The van der Waals surface area contributed by atoms with Crippen LogP contribution in [0.5, 0.6) is 0 Å². The molecule has 2 nitrogen and oxygen atoms in total. The highest BCUT2D eigenvalue weighted by Gasteiger charge is 2.13. The molecule has 2 heteroatoms. The minimum absolute atomic E-state index is 0.356. The van der Waals surface area contributed by atoms with E-state index in [-0.39, 0.29) is 6.10 Å². The first-order chi connectivity index (χ1) is 8.34. The quantitative estimate of drug-likeness (QED) is 0.613. The maximum Gasteiger partial charge on any atom is 0.120 e. The number of allylic oxidation sites excluding steroid dienone is 1. The molecule has 0 aliphatic carbocycles. The van der Waals surface area contributed by atoms with E-state index in [1.807, 2.05) is 0 Å². The van der Waals surface area contributed by atoms with Crippen LogP contribution < -0.4 is 0 Å². The summed E-state index contributed by atoms with van der Waals surface area (Å²) in [6.07, 6.45) is 13.8. The van der Waals surface area contributed by atoms with Crippen molar-refractivity contribution in [3.05, 3.63) is 11.8 Å². The molecule has 0 radical (unpaired) electrons. The van der Waals surface area contributed by atoms with E-state index in [2.05, 4.69) is 13.0 Å². The summed E-state index contributed by atoms with van der Waals surface area (Å²) in [5, 5.41) is 9.92. The lowest BCUT2D eigenvalue weighted by atomic mass is 10.0. The average Bonchev–Trinajstić information content (AvgIpc) is 2.38. The van der Waals surface area contributed by atoms with Crippen LogP contribution in [0.3, 0.4) is 0 Å². The second kappa shape index (κ2) is 9.52. The fraction of sp³-hybridized carbons (Fsp3) is 0.867. The second-order valence-electron chi connectivity index (χ2n) is 5.02. The molecule has 0 fully saturated rings. The van der Waals surface area contributed by atoms with Crippen LogP contribution in [0.2, 0.25) is 0 Å². The smallest absolute Gasteiger partial charge is 0.120 e. The van der Waals surface area contributed by atoms with Gasteiger partial charge in [-0.25, -0.2) is 0 Å². The van der Waals surface area contributed by atoms with Crippen molar-refractivity contribution in [2.45, 2.75) is 77.2 Å². The Morgan fingerprint density at radius 1 is 1.18 bits per heavy atom. The molecular weight excluding hydrogens is 212 g/mol. The van der Waals surface area contributed by atoms with Gasteiger partial charge in [0.1, 0.15) is 11.9 Å². The SMILES string of the molecule is CCCCCCCCCC(O)C1=CCCCO1. The summed E-state index contributed by atoms with van der Waals surface area (Å²) in [5.41, 5.74) is 0. The van der Waals surface area contributed by atoms with Gasteiger partial charge in [0.25, 0.3) is 0 Å². The Hall–Kier alpha value is -0.500. The third-order valence-corrected chi connectivity index (χ3v) is 3.37.